The second-order valence-electron chi connectivity index (χ2n) is 6.32. The van der Waals surface area contributed by atoms with E-state index in [9.17, 15) is 9.59 Å². The van der Waals surface area contributed by atoms with Crippen molar-refractivity contribution in [2.24, 2.45) is 0 Å². The summed E-state index contributed by atoms with van der Waals surface area (Å²) in [6.45, 7) is 4.48. The fourth-order valence-corrected chi connectivity index (χ4v) is 3.14. The lowest BCUT2D eigenvalue weighted by molar-refractivity contribution is -0.141. The molecule has 1 aliphatic heterocycles. The number of amides is 2. The van der Waals surface area contributed by atoms with E-state index in [2.05, 4.69) is 5.10 Å². The second kappa shape index (κ2) is 7.07. The Morgan fingerprint density at radius 2 is 2.00 bits per heavy atom. The molecule has 1 aliphatic rings. The van der Waals surface area contributed by atoms with E-state index in [1.807, 2.05) is 31.2 Å². The number of methoxy groups -OCH3 is 1. The van der Waals surface area contributed by atoms with Gasteiger partial charge in [0.15, 0.2) is 0 Å². The van der Waals surface area contributed by atoms with Crippen LogP contribution >= 0.6 is 0 Å². The summed E-state index contributed by atoms with van der Waals surface area (Å²) < 4.78 is 6.61. The smallest absolute Gasteiger partial charge is 0.249 e. The average Bonchev–Trinajstić information content (AvgIpc) is 2.94. The molecular weight excluding hydrogens is 334 g/mol. The topological polar surface area (TPSA) is 93.7 Å². The predicted molar refractivity (Wildman–Crippen MR) is 97.9 cm³/mol. The lowest BCUT2D eigenvalue weighted by Crippen LogP contribution is -2.58. The minimum atomic E-state index is -0.545. The fraction of sp³-hybridized carbons (Fsp3) is 0.389. The van der Waals surface area contributed by atoms with Crippen molar-refractivity contribution in [3.05, 3.63) is 36.0 Å². The lowest BCUT2D eigenvalue weighted by Gasteiger charge is -2.39. The quantitative estimate of drug-likeness (QED) is 0.883. The standard InChI is InChI=1S/C18H23N5O3/c1-12-10-16(19)23(20-12)11-17(24)21-8-9-22(18(25)13(21)2)14-4-6-15(26-3)7-5-14/h4-7,10,13H,8-9,11,19H2,1-3H3/t13-/m0/s1. The van der Waals surface area contributed by atoms with E-state index in [1.54, 1.807) is 29.9 Å². The highest BCUT2D eigenvalue weighted by Gasteiger charge is 2.35. The maximum Gasteiger partial charge on any atom is 0.249 e. The zero-order valence-electron chi connectivity index (χ0n) is 15.2. The van der Waals surface area contributed by atoms with E-state index >= 15 is 0 Å². The molecule has 0 unspecified atom stereocenters. The number of ether oxygens (including phenoxy) is 1. The number of rotatable bonds is 4. The van der Waals surface area contributed by atoms with Gasteiger partial charge in [0, 0.05) is 24.8 Å². The summed E-state index contributed by atoms with van der Waals surface area (Å²) in [5.74, 6) is 0.885. The summed E-state index contributed by atoms with van der Waals surface area (Å²) in [5, 5.41) is 4.20. The number of carbonyl (C=O) groups excluding carboxylic acids is 2. The van der Waals surface area contributed by atoms with E-state index in [0.29, 0.717) is 18.9 Å². The molecular formula is C18H23N5O3. The molecule has 2 N–H and O–H groups in total. The van der Waals surface area contributed by atoms with Crippen molar-refractivity contribution in [3.63, 3.8) is 0 Å². The molecule has 2 heterocycles. The predicted octanol–water partition coefficient (Wildman–Crippen LogP) is 1.05. The minimum Gasteiger partial charge on any atom is -0.497 e. The fourth-order valence-electron chi connectivity index (χ4n) is 3.14. The highest BCUT2D eigenvalue weighted by molar-refractivity contribution is 6.00. The maximum atomic E-state index is 12.8. The lowest BCUT2D eigenvalue weighted by atomic mass is 10.1. The van der Waals surface area contributed by atoms with Gasteiger partial charge in [-0.25, -0.2) is 4.68 Å². The van der Waals surface area contributed by atoms with Crippen LogP contribution in [0.2, 0.25) is 0 Å². The molecule has 0 spiro atoms. The molecule has 138 valence electrons. The number of nitrogen functional groups attached to an aromatic ring is 1. The Hall–Kier alpha value is -3.03. The minimum absolute atomic E-state index is 0.0276. The van der Waals surface area contributed by atoms with Gasteiger partial charge < -0.3 is 20.3 Å². The Kier molecular flexibility index (Phi) is 4.83. The third-order valence-electron chi connectivity index (χ3n) is 4.58. The van der Waals surface area contributed by atoms with Gasteiger partial charge >= 0.3 is 0 Å². The first-order chi connectivity index (χ1) is 12.4. The van der Waals surface area contributed by atoms with Crippen LogP contribution in [-0.2, 0) is 16.1 Å². The van der Waals surface area contributed by atoms with Crippen LogP contribution in [0.25, 0.3) is 0 Å². The molecule has 1 aromatic heterocycles. The Labute approximate surface area is 152 Å². The van der Waals surface area contributed by atoms with Gasteiger partial charge in [0.2, 0.25) is 11.8 Å². The molecule has 1 fully saturated rings. The first kappa shape index (κ1) is 17.8. The molecule has 3 rings (SSSR count). The molecule has 2 amide bonds. The molecule has 8 nitrogen and oxygen atoms in total. The number of nitrogens with two attached hydrogens (primary N) is 1. The second-order valence-corrected chi connectivity index (χ2v) is 6.32. The Morgan fingerprint density at radius 1 is 1.31 bits per heavy atom. The first-order valence-corrected chi connectivity index (χ1v) is 8.45. The molecule has 2 aromatic rings. The van der Waals surface area contributed by atoms with Gasteiger partial charge in [-0.2, -0.15) is 5.10 Å². The Morgan fingerprint density at radius 3 is 2.58 bits per heavy atom. The van der Waals surface area contributed by atoms with E-state index in [4.69, 9.17) is 10.5 Å². The summed E-state index contributed by atoms with van der Waals surface area (Å²) in [6, 6.07) is 8.48. The van der Waals surface area contributed by atoms with Crippen molar-refractivity contribution >= 4 is 23.3 Å². The molecule has 1 aromatic carbocycles. The van der Waals surface area contributed by atoms with Crippen molar-refractivity contribution < 1.29 is 14.3 Å². The SMILES string of the molecule is COc1ccc(N2CCN(C(=O)Cn3nc(C)cc3N)[C@@H](C)C2=O)cc1. The van der Waals surface area contributed by atoms with Crippen molar-refractivity contribution in [1.82, 2.24) is 14.7 Å². The van der Waals surface area contributed by atoms with Crippen LogP contribution in [0.3, 0.4) is 0 Å². The molecule has 0 aliphatic carbocycles. The summed E-state index contributed by atoms with van der Waals surface area (Å²) >= 11 is 0. The molecule has 0 radical (unpaired) electrons. The van der Waals surface area contributed by atoms with Gasteiger partial charge in [0.05, 0.1) is 12.8 Å². The van der Waals surface area contributed by atoms with Gasteiger partial charge in [-0.05, 0) is 38.1 Å². The summed E-state index contributed by atoms with van der Waals surface area (Å²) in [5.41, 5.74) is 7.39. The van der Waals surface area contributed by atoms with Crippen LogP contribution in [0.1, 0.15) is 12.6 Å². The number of aromatic nitrogens is 2. The zero-order chi connectivity index (χ0) is 18.8. The monoisotopic (exact) mass is 357 g/mol. The summed E-state index contributed by atoms with van der Waals surface area (Å²) in [7, 11) is 1.60. The van der Waals surface area contributed by atoms with E-state index in [1.165, 1.54) is 4.68 Å². The molecule has 0 saturated carbocycles. The Bertz CT molecular complexity index is 815. The summed E-state index contributed by atoms with van der Waals surface area (Å²) in [4.78, 5) is 28.7. The normalized spacial score (nSPS) is 17.5. The molecule has 1 saturated heterocycles. The van der Waals surface area contributed by atoms with Crippen LogP contribution in [-0.4, -0.2) is 52.7 Å². The average molecular weight is 357 g/mol. The van der Waals surface area contributed by atoms with Crippen LogP contribution in [0, 0.1) is 6.92 Å². The number of carbonyl (C=O) groups is 2. The van der Waals surface area contributed by atoms with Gasteiger partial charge in [-0.3, -0.25) is 9.59 Å². The van der Waals surface area contributed by atoms with Gasteiger partial charge in [-0.15, -0.1) is 0 Å². The molecule has 8 heteroatoms. The summed E-state index contributed by atoms with van der Waals surface area (Å²) in [6.07, 6.45) is 0. The van der Waals surface area contributed by atoms with Gasteiger partial charge in [0.1, 0.15) is 24.2 Å². The number of hydrogen-bond donors (Lipinski definition) is 1. The van der Waals surface area contributed by atoms with Crippen LogP contribution in [0.5, 0.6) is 5.75 Å². The molecule has 26 heavy (non-hydrogen) atoms. The molecule has 1 atom stereocenters. The highest BCUT2D eigenvalue weighted by atomic mass is 16.5. The third kappa shape index (κ3) is 3.35. The van der Waals surface area contributed by atoms with Crippen molar-refractivity contribution in [1.29, 1.82) is 0 Å². The van der Waals surface area contributed by atoms with Gasteiger partial charge in [-0.1, -0.05) is 0 Å². The van der Waals surface area contributed by atoms with Crippen molar-refractivity contribution in [3.8, 4) is 5.75 Å². The van der Waals surface area contributed by atoms with Crippen molar-refractivity contribution in [2.75, 3.05) is 30.8 Å². The Balaban J connectivity index is 1.70. The van der Waals surface area contributed by atoms with E-state index in [0.717, 1.165) is 17.1 Å². The zero-order valence-corrected chi connectivity index (χ0v) is 15.2. The molecule has 0 bridgehead atoms. The number of piperazine rings is 1. The number of hydrogen-bond acceptors (Lipinski definition) is 5. The third-order valence-corrected chi connectivity index (χ3v) is 4.58. The number of aryl methyl sites for hydroxylation is 1. The van der Waals surface area contributed by atoms with Crippen LogP contribution < -0.4 is 15.4 Å². The van der Waals surface area contributed by atoms with Crippen LogP contribution in [0.4, 0.5) is 11.5 Å². The van der Waals surface area contributed by atoms with Crippen molar-refractivity contribution in [2.45, 2.75) is 26.4 Å². The highest BCUT2D eigenvalue weighted by Crippen LogP contribution is 2.23. The van der Waals surface area contributed by atoms with E-state index < -0.39 is 6.04 Å². The maximum absolute atomic E-state index is 12.8. The number of benzene rings is 1. The largest absolute Gasteiger partial charge is 0.497 e. The number of nitrogens with zero attached hydrogens (tertiary/aromatic N) is 4. The van der Waals surface area contributed by atoms with Crippen LogP contribution in [0.15, 0.2) is 30.3 Å². The number of anilines is 2. The first-order valence-electron chi connectivity index (χ1n) is 8.45. The van der Waals surface area contributed by atoms with E-state index in [-0.39, 0.29) is 18.4 Å². The van der Waals surface area contributed by atoms with Gasteiger partial charge in [0.25, 0.3) is 0 Å².